The summed E-state index contributed by atoms with van der Waals surface area (Å²) in [7, 11) is 5.99. The van der Waals surface area contributed by atoms with Gasteiger partial charge in [0.15, 0.2) is 6.10 Å². The summed E-state index contributed by atoms with van der Waals surface area (Å²) < 4.78 is 23.1. The fourth-order valence-corrected chi connectivity index (χ4v) is 12.1. The molecule has 97 heavy (non-hydrogen) atoms. The zero-order valence-corrected chi connectivity index (χ0v) is 64.5. The maximum Gasteiger partial charge on any atom is 0.361 e. The Bertz CT molecular complexity index is 1920. The van der Waals surface area contributed by atoms with E-state index in [2.05, 4.69) is 111 Å². The Morgan fingerprint density at radius 1 is 0.320 bits per heavy atom. The molecular weight excluding hydrogens is 1200 g/mol. The minimum absolute atomic E-state index is 0.179. The smallest absolute Gasteiger partial charge is 0.361 e. The molecule has 9 nitrogen and oxygen atoms in total. The molecule has 2 unspecified atom stereocenters. The van der Waals surface area contributed by atoms with Crippen LogP contribution >= 0.6 is 0 Å². The molecule has 0 saturated heterocycles. The first-order valence-corrected chi connectivity index (χ1v) is 41.4. The van der Waals surface area contributed by atoms with Crippen LogP contribution in [0.2, 0.25) is 0 Å². The normalized spacial score (nSPS) is 13.1. The highest BCUT2D eigenvalue weighted by molar-refractivity contribution is 5.71. The van der Waals surface area contributed by atoms with Gasteiger partial charge in [-0.2, -0.15) is 0 Å². The number of carbonyl (C=O) groups excluding carboxylic acids is 2. The highest BCUT2D eigenvalue weighted by atomic mass is 16.7. The Morgan fingerprint density at radius 3 is 0.887 bits per heavy atom. The van der Waals surface area contributed by atoms with Gasteiger partial charge in [0.05, 0.1) is 34.4 Å². The van der Waals surface area contributed by atoms with Gasteiger partial charge in [-0.05, 0) is 96.3 Å². The summed E-state index contributed by atoms with van der Waals surface area (Å²) in [6.07, 6.45) is 106. The molecule has 2 atom stereocenters. The van der Waals surface area contributed by atoms with Crippen LogP contribution in [0.3, 0.4) is 0 Å². The zero-order chi connectivity index (χ0) is 70.4. The van der Waals surface area contributed by atoms with Crippen LogP contribution in [-0.2, 0) is 33.3 Å². The van der Waals surface area contributed by atoms with E-state index in [1.165, 1.54) is 276 Å². The second-order valence-corrected chi connectivity index (χ2v) is 29.1. The molecule has 0 spiro atoms. The van der Waals surface area contributed by atoms with Crippen molar-refractivity contribution in [3.8, 4) is 0 Å². The molecule has 0 aromatic rings. The van der Waals surface area contributed by atoms with Crippen molar-refractivity contribution in [2.45, 2.75) is 399 Å². The highest BCUT2D eigenvalue weighted by Gasteiger charge is 2.25. The van der Waals surface area contributed by atoms with E-state index in [0.717, 1.165) is 83.5 Å². The average Bonchev–Trinajstić information content (AvgIpc) is 3.27. The number of ether oxygens (including phenoxy) is 4. The number of hydrogen-bond acceptors (Lipinski definition) is 7. The number of rotatable bonds is 77. The van der Waals surface area contributed by atoms with Crippen LogP contribution in [0.15, 0.2) is 97.2 Å². The third kappa shape index (κ3) is 79.4. The van der Waals surface area contributed by atoms with Crippen molar-refractivity contribution in [3.05, 3.63) is 97.2 Å². The summed E-state index contributed by atoms with van der Waals surface area (Å²) in [5.74, 6) is -1.98. The summed E-state index contributed by atoms with van der Waals surface area (Å²) in [4.78, 5) is 37.8. The molecule has 0 fully saturated rings. The third-order valence-corrected chi connectivity index (χ3v) is 18.3. The van der Waals surface area contributed by atoms with E-state index < -0.39 is 18.4 Å². The van der Waals surface area contributed by atoms with Gasteiger partial charge in [0.25, 0.3) is 6.29 Å². The quantitative estimate of drug-likeness (QED) is 0.0211. The van der Waals surface area contributed by atoms with Crippen LogP contribution < -0.4 is 0 Å². The van der Waals surface area contributed by atoms with E-state index in [0.29, 0.717) is 17.4 Å². The predicted molar refractivity (Wildman–Crippen MR) is 419 cm³/mol. The fraction of sp³-hybridized carbons (Fsp3) is 0.784. The van der Waals surface area contributed by atoms with Crippen molar-refractivity contribution >= 4 is 17.9 Å². The molecule has 1 N–H and O–H groups in total. The number of aliphatic carboxylic acids is 1. The number of allylic oxidation sites excluding steroid dienone is 16. The van der Waals surface area contributed by atoms with Gasteiger partial charge < -0.3 is 28.5 Å². The summed E-state index contributed by atoms with van der Waals surface area (Å²) in [6, 6.07) is 0. The summed E-state index contributed by atoms with van der Waals surface area (Å²) in [5, 5.41) is 9.78. The van der Waals surface area contributed by atoms with Gasteiger partial charge >= 0.3 is 17.9 Å². The van der Waals surface area contributed by atoms with Crippen LogP contribution in [0.1, 0.15) is 386 Å². The van der Waals surface area contributed by atoms with E-state index in [-0.39, 0.29) is 38.2 Å². The Kier molecular flexibility index (Phi) is 74.9. The van der Waals surface area contributed by atoms with E-state index in [1.807, 2.05) is 21.1 Å². The Hall–Kier alpha value is -3.79. The van der Waals surface area contributed by atoms with Gasteiger partial charge in [-0.25, -0.2) is 4.79 Å². The lowest BCUT2D eigenvalue weighted by Gasteiger charge is -2.25. The van der Waals surface area contributed by atoms with Crippen molar-refractivity contribution < 1.29 is 42.9 Å². The average molecular weight is 1360 g/mol. The van der Waals surface area contributed by atoms with Crippen molar-refractivity contribution in [1.29, 1.82) is 0 Å². The summed E-state index contributed by atoms with van der Waals surface area (Å²) in [6.45, 7) is 4.82. The van der Waals surface area contributed by atoms with Crippen LogP contribution in [0.25, 0.3) is 0 Å². The number of nitrogens with zero attached hydrogens (tertiary/aromatic N) is 1. The monoisotopic (exact) mass is 1360 g/mol. The molecule has 9 heteroatoms. The van der Waals surface area contributed by atoms with E-state index >= 15 is 0 Å². The van der Waals surface area contributed by atoms with Gasteiger partial charge in [-0.1, -0.05) is 374 Å². The first-order valence-electron chi connectivity index (χ1n) is 41.4. The van der Waals surface area contributed by atoms with Gasteiger partial charge in [0.2, 0.25) is 0 Å². The minimum atomic E-state index is -1.51. The first kappa shape index (κ1) is 93.2. The molecule has 0 bridgehead atoms. The molecule has 0 aliphatic heterocycles. The van der Waals surface area contributed by atoms with Crippen molar-refractivity contribution in [3.63, 3.8) is 0 Å². The Morgan fingerprint density at radius 2 is 0.588 bits per heavy atom. The molecule has 562 valence electrons. The molecule has 0 saturated carbocycles. The minimum Gasteiger partial charge on any atom is -0.477 e. The topological polar surface area (TPSA) is 108 Å². The molecule has 0 radical (unpaired) electrons. The number of carboxylic acids is 1. The van der Waals surface area contributed by atoms with Gasteiger partial charge in [-0.3, -0.25) is 9.59 Å². The number of hydrogen-bond donors (Lipinski definition) is 1. The number of likely N-dealkylation sites (N-methyl/N-ethyl adjacent to an activating group) is 1. The standard InChI is InChI=1S/C88H157NO8/c1-6-8-10-12-14-16-18-20-22-24-26-28-30-32-34-36-38-39-40-41-42-43-44-45-46-47-49-51-53-55-57-59-61-63-65-67-69-71-73-75-77-79-86(91)97-84(83-96-88(87(92)93)94-81-80-89(3,4)5)82-95-85(90)78-76-74-72-70-68-66-64-62-60-58-56-54-52-50-48-37-35-33-31-29-27-25-23-21-19-17-15-13-11-9-7-2/h8,10,14,16,20,22,25-28,32,34,38-39,41-42,84,88H,6-7,9,11-13,15,17-19,21,23-24,29-31,33,35-37,40,43-83H2,1-5H3/p+1/b10-8-,16-14-,22-20-,27-25-,28-26-,34-32-,39-38-,42-41-. The van der Waals surface area contributed by atoms with Crippen molar-refractivity contribution in [2.24, 2.45) is 0 Å². The van der Waals surface area contributed by atoms with Gasteiger partial charge in [-0.15, -0.1) is 0 Å². The van der Waals surface area contributed by atoms with Crippen molar-refractivity contribution in [1.82, 2.24) is 0 Å². The Labute approximate surface area is 601 Å². The van der Waals surface area contributed by atoms with Crippen molar-refractivity contribution in [2.75, 3.05) is 47.5 Å². The summed E-state index contributed by atoms with van der Waals surface area (Å²) in [5.41, 5.74) is 0. The maximum atomic E-state index is 13.0. The van der Waals surface area contributed by atoms with E-state index in [9.17, 15) is 19.5 Å². The van der Waals surface area contributed by atoms with Gasteiger partial charge in [0, 0.05) is 12.8 Å². The molecule has 0 amide bonds. The molecule has 0 aliphatic carbocycles. The second-order valence-electron chi connectivity index (χ2n) is 29.1. The lowest BCUT2D eigenvalue weighted by Crippen LogP contribution is -2.40. The molecule has 0 aromatic heterocycles. The van der Waals surface area contributed by atoms with Crippen LogP contribution in [0.5, 0.6) is 0 Å². The lowest BCUT2D eigenvalue weighted by molar-refractivity contribution is -0.870. The van der Waals surface area contributed by atoms with Crippen LogP contribution in [0, 0.1) is 0 Å². The molecule has 0 heterocycles. The maximum absolute atomic E-state index is 13.0. The Balaban J connectivity index is 3.98. The number of carbonyl (C=O) groups is 3. The van der Waals surface area contributed by atoms with Crippen LogP contribution in [0.4, 0.5) is 0 Å². The predicted octanol–water partition coefficient (Wildman–Crippen LogP) is 26.7. The number of esters is 2. The van der Waals surface area contributed by atoms with E-state index in [4.69, 9.17) is 18.9 Å². The molecular formula is C88H158NO8+. The van der Waals surface area contributed by atoms with E-state index in [1.54, 1.807) is 0 Å². The number of unbranched alkanes of at least 4 members (excludes halogenated alkanes) is 46. The third-order valence-electron chi connectivity index (χ3n) is 18.3. The largest absolute Gasteiger partial charge is 0.477 e. The molecule has 0 rings (SSSR count). The SMILES string of the molecule is CC/C=C\C/C=C\C/C=C\C/C=C\C/C=C\C/C=C\C/C=C\CCCCCCCCCCCCCCCCCCCCCC(=O)OC(COC(=O)CCCCCCCCCCCCCCCCCCCCC/C=C\CCCCCCCCCC)COC(OCC[N+](C)(C)C)C(=O)O. The number of carboxylic acid groups (broad SMARTS) is 1. The van der Waals surface area contributed by atoms with Gasteiger partial charge in [0.1, 0.15) is 13.2 Å². The highest BCUT2D eigenvalue weighted by Crippen LogP contribution is 2.19. The summed E-state index contributed by atoms with van der Waals surface area (Å²) >= 11 is 0. The second kappa shape index (κ2) is 77.9. The number of quaternary nitrogens is 1. The molecule has 0 aromatic carbocycles. The van der Waals surface area contributed by atoms with Crippen LogP contribution in [-0.4, -0.2) is 87.4 Å². The molecule has 0 aliphatic rings. The lowest BCUT2D eigenvalue weighted by atomic mass is 10.0. The zero-order valence-electron chi connectivity index (χ0n) is 64.5. The first-order chi connectivity index (χ1) is 47.6. The fourth-order valence-electron chi connectivity index (χ4n) is 12.1.